The number of imidazole rings is 1. The summed E-state index contributed by atoms with van der Waals surface area (Å²) in [6.45, 7) is 1.95. The van der Waals surface area contributed by atoms with Crippen molar-refractivity contribution in [2.75, 3.05) is 5.32 Å². The SMILES string of the molecule is CC1=C(C(=O)OC2CCCCC2)[C@@H](c2cccs2)n2c(nc3ccccc32)N1. The number of carbonyl (C=O) groups excluding carboxylic acids is 1. The molecule has 28 heavy (non-hydrogen) atoms. The molecule has 0 bridgehead atoms. The zero-order chi connectivity index (χ0) is 19.1. The summed E-state index contributed by atoms with van der Waals surface area (Å²) in [5.74, 6) is 0.560. The smallest absolute Gasteiger partial charge is 0.338 e. The van der Waals surface area contributed by atoms with E-state index in [2.05, 4.69) is 27.4 Å². The van der Waals surface area contributed by atoms with E-state index in [0.29, 0.717) is 5.57 Å². The monoisotopic (exact) mass is 393 g/mol. The van der Waals surface area contributed by atoms with E-state index in [1.807, 2.05) is 31.2 Å². The third-order valence-corrected chi connectivity index (χ3v) is 6.61. The van der Waals surface area contributed by atoms with Crippen LogP contribution in [0.5, 0.6) is 0 Å². The van der Waals surface area contributed by atoms with Crippen molar-refractivity contribution in [3.8, 4) is 0 Å². The minimum Gasteiger partial charge on any atom is -0.459 e. The molecule has 0 saturated heterocycles. The average Bonchev–Trinajstić information content (AvgIpc) is 3.35. The fourth-order valence-corrected chi connectivity index (χ4v) is 5.17. The molecule has 0 spiro atoms. The lowest BCUT2D eigenvalue weighted by Gasteiger charge is -2.31. The summed E-state index contributed by atoms with van der Waals surface area (Å²) in [6.07, 6.45) is 5.48. The molecule has 6 heteroatoms. The maximum absolute atomic E-state index is 13.3. The van der Waals surface area contributed by atoms with Gasteiger partial charge in [0.1, 0.15) is 12.1 Å². The minimum atomic E-state index is -0.222. The molecule has 0 unspecified atom stereocenters. The number of hydrogen-bond acceptors (Lipinski definition) is 5. The molecule has 1 N–H and O–H groups in total. The Morgan fingerprint density at radius 3 is 2.79 bits per heavy atom. The quantitative estimate of drug-likeness (QED) is 0.617. The third kappa shape index (κ3) is 2.92. The van der Waals surface area contributed by atoms with E-state index >= 15 is 0 Å². The summed E-state index contributed by atoms with van der Waals surface area (Å²) in [4.78, 5) is 19.2. The van der Waals surface area contributed by atoms with Crippen LogP contribution < -0.4 is 5.32 Å². The number of aromatic nitrogens is 2. The Kier molecular flexibility index (Phi) is 4.43. The van der Waals surface area contributed by atoms with Crippen LogP contribution in [0.3, 0.4) is 0 Å². The number of nitrogens with zero attached hydrogens (tertiary/aromatic N) is 2. The van der Waals surface area contributed by atoms with Crippen LogP contribution in [0.1, 0.15) is 49.9 Å². The summed E-state index contributed by atoms with van der Waals surface area (Å²) in [5, 5.41) is 5.40. The van der Waals surface area contributed by atoms with E-state index in [0.717, 1.165) is 53.2 Å². The van der Waals surface area contributed by atoms with Crippen LogP contribution in [0.25, 0.3) is 11.0 Å². The lowest BCUT2D eigenvalue weighted by molar-refractivity contribution is -0.146. The van der Waals surface area contributed by atoms with E-state index in [1.54, 1.807) is 11.3 Å². The van der Waals surface area contributed by atoms with Crippen LogP contribution in [-0.2, 0) is 9.53 Å². The molecule has 0 amide bonds. The normalized spacial score (nSPS) is 20.1. The van der Waals surface area contributed by atoms with E-state index in [-0.39, 0.29) is 18.1 Å². The van der Waals surface area contributed by atoms with Gasteiger partial charge in [0.05, 0.1) is 16.6 Å². The van der Waals surface area contributed by atoms with Crippen molar-refractivity contribution in [2.24, 2.45) is 0 Å². The number of esters is 1. The van der Waals surface area contributed by atoms with Gasteiger partial charge in [-0.3, -0.25) is 4.57 Å². The van der Waals surface area contributed by atoms with Gasteiger partial charge in [-0.25, -0.2) is 9.78 Å². The fraction of sp³-hybridized carbons (Fsp3) is 0.364. The highest BCUT2D eigenvalue weighted by Crippen LogP contribution is 2.41. The zero-order valence-electron chi connectivity index (χ0n) is 15.9. The van der Waals surface area contributed by atoms with Crippen molar-refractivity contribution >= 4 is 34.3 Å². The number of thiophene rings is 1. The Morgan fingerprint density at radius 2 is 2.00 bits per heavy atom. The first-order valence-corrected chi connectivity index (χ1v) is 10.8. The molecule has 144 valence electrons. The minimum absolute atomic E-state index is 0.0338. The first kappa shape index (κ1) is 17.5. The maximum Gasteiger partial charge on any atom is 0.338 e. The second kappa shape index (κ2) is 7.09. The zero-order valence-corrected chi connectivity index (χ0v) is 16.7. The number of allylic oxidation sites excluding steroid dienone is 1. The van der Waals surface area contributed by atoms with Gasteiger partial charge in [-0.15, -0.1) is 11.3 Å². The highest BCUT2D eigenvalue weighted by molar-refractivity contribution is 7.10. The Morgan fingerprint density at radius 1 is 1.18 bits per heavy atom. The molecule has 1 aliphatic heterocycles. The fourth-order valence-electron chi connectivity index (χ4n) is 4.34. The van der Waals surface area contributed by atoms with Crippen LogP contribution in [0.2, 0.25) is 0 Å². The van der Waals surface area contributed by atoms with Crippen molar-refractivity contribution in [3.05, 3.63) is 57.9 Å². The summed E-state index contributed by atoms with van der Waals surface area (Å²) in [5.41, 5.74) is 3.44. The second-order valence-corrected chi connectivity index (χ2v) is 8.52. The predicted molar refractivity (Wildman–Crippen MR) is 111 cm³/mol. The van der Waals surface area contributed by atoms with Crippen molar-refractivity contribution in [1.29, 1.82) is 0 Å². The number of para-hydroxylation sites is 2. The third-order valence-electron chi connectivity index (χ3n) is 5.69. The highest BCUT2D eigenvalue weighted by atomic mass is 32.1. The number of anilines is 1. The largest absolute Gasteiger partial charge is 0.459 e. The van der Waals surface area contributed by atoms with Gasteiger partial charge in [0, 0.05) is 10.6 Å². The van der Waals surface area contributed by atoms with Crippen LogP contribution in [0.15, 0.2) is 53.0 Å². The summed E-state index contributed by atoms with van der Waals surface area (Å²) in [7, 11) is 0. The van der Waals surface area contributed by atoms with Gasteiger partial charge in [-0.2, -0.15) is 0 Å². The summed E-state index contributed by atoms with van der Waals surface area (Å²) in [6, 6.07) is 11.9. The van der Waals surface area contributed by atoms with Crippen molar-refractivity contribution in [3.63, 3.8) is 0 Å². The van der Waals surface area contributed by atoms with E-state index < -0.39 is 0 Å². The molecular weight excluding hydrogens is 370 g/mol. The van der Waals surface area contributed by atoms with E-state index in [9.17, 15) is 4.79 Å². The number of benzene rings is 1. The van der Waals surface area contributed by atoms with Crippen molar-refractivity contribution < 1.29 is 9.53 Å². The van der Waals surface area contributed by atoms with Gasteiger partial charge < -0.3 is 10.1 Å². The summed E-state index contributed by atoms with van der Waals surface area (Å²) >= 11 is 1.66. The van der Waals surface area contributed by atoms with Crippen LogP contribution in [0.4, 0.5) is 5.95 Å². The standard InChI is InChI=1S/C22H23N3O2S/c1-14-19(21(26)27-15-8-3-2-4-9-15)20(18-12-7-13-28-18)25-17-11-6-5-10-16(17)24-22(25)23-14/h5-7,10-13,15,20H,2-4,8-9H2,1H3,(H,23,24)/t20-/m1/s1. The predicted octanol–water partition coefficient (Wildman–Crippen LogP) is 5.26. The molecule has 3 heterocycles. The summed E-state index contributed by atoms with van der Waals surface area (Å²) < 4.78 is 8.10. The molecular formula is C22H23N3O2S. The van der Waals surface area contributed by atoms with Crippen molar-refractivity contribution in [2.45, 2.75) is 51.2 Å². The molecule has 1 aliphatic carbocycles. The van der Waals surface area contributed by atoms with Crippen LogP contribution >= 0.6 is 11.3 Å². The lowest BCUT2D eigenvalue weighted by Crippen LogP contribution is -2.31. The molecule has 0 radical (unpaired) electrons. The Balaban J connectivity index is 1.60. The molecule has 2 aliphatic rings. The molecule has 1 aromatic carbocycles. The van der Waals surface area contributed by atoms with Gasteiger partial charge in [-0.05, 0) is 56.2 Å². The van der Waals surface area contributed by atoms with Crippen molar-refractivity contribution in [1.82, 2.24) is 9.55 Å². The Hall–Kier alpha value is -2.60. The molecule has 1 saturated carbocycles. The van der Waals surface area contributed by atoms with E-state index in [4.69, 9.17) is 9.72 Å². The van der Waals surface area contributed by atoms with Gasteiger partial charge in [-0.1, -0.05) is 24.6 Å². The number of carbonyl (C=O) groups is 1. The first-order valence-electron chi connectivity index (χ1n) is 9.91. The molecule has 5 nitrogen and oxygen atoms in total. The van der Waals surface area contributed by atoms with Gasteiger partial charge in [0.2, 0.25) is 5.95 Å². The molecule has 1 fully saturated rings. The molecule has 5 rings (SSSR count). The molecule has 1 atom stereocenters. The molecule has 3 aromatic rings. The topological polar surface area (TPSA) is 56.2 Å². The number of hydrogen-bond donors (Lipinski definition) is 1. The number of nitrogens with one attached hydrogen (secondary N) is 1. The van der Waals surface area contributed by atoms with Gasteiger partial charge in [0.15, 0.2) is 0 Å². The number of fused-ring (bicyclic) bond motifs is 3. The highest BCUT2D eigenvalue weighted by Gasteiger charge is 2.36. The average molecular weight is 394 g/mol. The maximum atomic E-state index is 13.3. The van der Waals surface area contributed by atoms with Gasteiger partial charge in [0.25, 0.3) is 0 Å². The van der Waals surface area contributed by atoms with Crippen LogP contribution in [0, 0.1) is 0 Å². The van der Waals surface area contributed by atoms with Crippen LogP contribution in [-0.4, -0.2) is 21.6 Å². The Bertz CT molecular complexity index is 1050. The molecule has 2 aromatic heterocycles. The number of rotatable bonds is 3. The van der Waals surface area contributed by atoms with Gasteiger partial charge >= 0.3 is 5.97 Å². The van der Waals surface area contributed by atoms with E-state index in [1.165, 1.54) is 6.42 Å². The first-order chi connectivity index (χ1) is 13.7. The lowest BCUT2D eigenvalue weighted by atomic mass is 9.97. The number of ether oxygens (including phenoxy) is 1. The Labute approximate surface area is 168 Å². The second-order valence-electron chi connectivity index (χ2n) is 7.54.